The molecular formula is C38H32F6NiO6S4. The monoisotopic (exact) mass is 884 g/mol. The van der Waals surface area contributed by atoms with Gasteiger partial charge in [-0.3, -0.25) is 0 Å². The Morgan fingerprint density at radius 1 is 0.564 bits per heavy atom. The second-order valence-electron chi connectivity index (χ2n) is 11.0. The zero-order valence-electron chi connectivity index (χ0n) is 28.9. The first-order valence-electron chi connectivity index (χ1n) is 16.0. The molecule has 0 amide bonds. The molecule has 4 aromatic carbocycles. The summed E-state index contributed by atoms with van der Waals surface area (Å²) in [6, 6.07) is 22.6. The maximum atomic E-state index is 12.6. The molecule has 0 aromatic heterocycles. The molecule has 17 heteroatoms. The van der Waals surface area contributed by atoms with Gasteiger partial charge in [0.1, 0.15) is 11.5 Å². The predicted octanol–water partition coefficient (Wildman–Crippen LogP) is 9.30. The van der Waals surface area contributed by atoms with E-state index >= 15 is 0 Å². The fraction of sp³-hybridized carbons (Fsp3) is 0.263. The third-order valence-electron chi connectivity index (χ3n) is 7.16. The van der Waals surface area contributed by atoms with Crippen LogP contribution in [0.2, 0.25) is 0 Å². The zero-order valence-corrected chi connectivity index (χ0v) is 33.1. The van der Waals surface area contributed by atoms with Gasteiger partial charge >= 0.3 is 40.8 Å². The van der Waals surface area contributed by atoms with Crippen molar-refractivity contribution in [3.05, 3.63) is 130 Å². The molecule has 0 saturated heterocycles. The molecule has 296 valence electrons. The molecule has 4 aromatic rings. The Balaban J connectivity index is 0.000000373. The number of hydrogen-bond acceptors (Lipinski definition) is 10. The minimum atomic E-state index is -4.39. The average Bonchev–Trinajstić information content (AvgIpc) is 3.15. The Kier molecular flexibility index (Phi) is 19.2. The molecule has 0 N–H and O–H groups in total. The van der Waals surface area contributed by atoms with E-state index in [2.05, 4.69) is 0 Å². The number of carbonyl (C=O) groups excluding carboxylic acids is 2. The van der Waals surface area contributed by atoms with Gasteiger partial charge in [-0.2, -0.15) is 26.3 Å². The van der Waals surface area contributed by atoms with Crippen LogP contribution in [0, 0.1) is 0 Å². The summed E-state index contributed by atoms with van der Waals surface area (Å²) in [7, 11) is 0. The van der Waals surface area contributed by atoms with Gasteiger partial charge in [0.2, 0.25) is 0 Å². The molecule has 0 aliphatic carbocycles. The van der Waals surface area contributed by atoms with Gasteiger partial charge in [-0.15, -0.1) is 10.5 Å². The third-order valence-corrected chi connectivity index (χ3v) is 9.42. The smallest absolute Gasteiger partial charge is 0.779 e. The molecule has 2 unspecified atom stereocenters. The van der Waals surface area contributed by atoms with Crippen molar-refractivity contribution in [1.29, 1.82) is 0 Å². The van der Waals surface area contributed by atoms with E-state index in [0.717, 1.165) is 24.3 Å². The molecule has 0 bridgehead atoms. The van der Waals surface area contributed by atoms with Gasteiger partial charge in [0.25, 0.3) is 0 Å². The van der Waals surface area contributed by atoms with Crippen LogP contribution in [0.15, 0.2) is 97.1 Å². The van der Waals surface area contributed by atoms with Crippen molar-refractivity contribution in [2.24, 2.45) is 0 Å². The quantitative estimate of drug-likeness (QED) is 0.0306. The summed E-state index contributed by atoms with van der Waals surface area (Å²) >= 11 is 21.5. The second-order valence-corrected chi connectivity index (χ2v) is 12.8. The number of alkyl halides is 6. The van der Waals surface area contributed by atoms with Crippen molar-refractivity contribution in [3.8, 4) is 11.5 Å². The number of carbonyl (C=O) groups is 2. The van der Waals surface area contributed by atoms with Gasteiger partial charge in [0.15, 0.2) is 13.2 Å². The molecule has 0 saturated carbocycles. The Morgan fingerprint density at radius 2 is 0.855 bits per heavy atom. The van der Waals surface area contributed by atoms with Crippen LogP contribution in [0.1, 0.15) is 57.7 Å². The number of halogens is 6. The molecule has 0 aliphatic heterocycles. The van der Waals surface area contributed by atoms with Gasteiger partial charge in [0, 0.05) is 9.73 Å². The molecule has 55 heavy (non-hydrogen) atoms. The van der Waals surface area contributed by atoms with E-state index in [4.69, 9.17) is 68.6 Å². The summed E-state index contributed by atoms with van der Waals surface area (Å²) in [6.07, 6.45) is -8.79. The van der Waals surface area contributed by atoms with Crippen molar-refractivity contribution >= 4 is 71.4 Å². The van der Waals surface area contributed by atoms with E-state index in [9.17, 15) is 35.9 Å². The molecule has 4 rings (SSSR count). The first-order valence-corrected chi connectivity index (χ1v) is 17.7. The van der Waals surface area contributed by atoms with E-state index in [1.165, 1.54) is 24.3 Å². The normalized spacial score (nSPS) is 12.1. The molecule has 0 aliphatic rings. The number of thiocarbonyl (C=S) groups is 2. The van der Waals surface area contributed by atoms with E-state index in [-0.39, 0.29) is 42.9 Å². The van der Waals surface area contributed by atoms with Crippen LogP contribution in [-0.2, 0) is 73.2 Å². The summed E-state index contributed by atoms with van der Waals surface area (Å²) in [5, 5.41) is -1.29. The van der Waals surface area contributed by atoms with Crippen LogP contribution in [0.4, 0.5) is 26.3 Å². The van der Waals surface area contributed by atoms with Gasteiger partial charge in [0.05, 0.1) is 24.3 Å². The van der Waals surface area contributed by atoms with Crippen LogP contribution >= 0.6 is 24.4 Å². The van der Waals surface area contributed by atoms with Gasteiger partial charge in [-0.25, -0.2) is 9.59 Å². The van der Waals surface area contributed by atoms with Crippen LogP contribution in [0.5, 0.6) is 11.5 Å². The Labute approximate surface area is 346 Å². The second kappa shape index (κ2) is 22.2. The maximum absolute atomic E-state index is 12.6. The van der Waals surface area contributed by atoms with E-state index in [1.807, 2.05) is 0 Å². The summed E-state index contributed by atoms with van der Waals surface area (Å²) in [6.45, 7) is 3.56. The number of benzene rings is 4. The van der Waals surface area contributed by atoms with Crippen molar-refractivity contribution in [3.63, 3.8) is 0 Å². The Hall–Kier alpha value is -3.63. The largest absolute Gasteiger partial charge is 2.00 e. The van der Waals surface area contributed by atoms with Crippen LogP contribution in [-0.4, -0.2) is 48.1 Å². The fourth-order valence-electron chi connectivity index (χ4n) is 4.42. The molecular weight excluding hydrogens is 853 g/mol. The summed E-state index contributed by atoms with van der Waals surface area (Å²) in [5.41, 5.74) is 0.892. The van der Waals surface area contributed by atoms with Crippen molar-refractivity contribution in [2.75, 3.05) is 26.4 Å². The van der Waals surface area contributed by atoms with Gasteiger partial charge < -0.3 is 44.2 Å². The summed E-state index contributed by atoms with van der Waals surface area (Å²) < 4.78 is 96.0. The van der Waals surface area contributed by atoms with Crippen LogP contribution in [0.3, 0.4) is 0 Å². The Morgan fingerprint density at radius 3 is 1.11 bits per heavy atom. The van der Waals surface area contributed by atoms with Crippen molar-refractivity contribution < 1.29 is 71.4 Å². The molecule has 0 fully saturated rings. The number of rotatable bonds is 14. The summed E-state index contributed by atoms with van der Waals surface area (Å²) in [5.74, 6) is -0.00912. The average molecular weight is 886 g/mol. The molecule has 0 heterocycles. The Bertz CT molecular complexity index is 1720. The molecule has 0 spiro atoms. The van der Waals surface area contributed by atoms with Gasteiger partial charge in [-0.05, 0) is 73.5 Å². The first kappa shape index (κ1) is 47.5. The summed E-state index contributed by atoms with van der Waals surface area (Å²) in [4.78, 5) is 23.4. The molecule has 2 atom stereocenters. The van der Waals surface area contributed by atoms with Crippen molar-refractivity contribution in [2.45, 2.75) is 36.7 Å². The SMILES string of the molecule is CCOC(=O)COc1ccc(C(=S)C([S-])c2ccc(C(F)(F)F)cc2)cc1.CCOC(=O)COc1ccc(C(=S)C([S-])c2ccc(C(F)(F)F)cc2)cc1.[Ni+2]. The van der Waals surface area contributed by atoms with Crippen LogP contribution in [0.25, 0.3) is 0 Å². The van der Waals surface area contributed by atoms with Crippen molar-refractivity contribution in [1.82, 2.24) is 0 Å². The molecule has 0 radical (unpaired) electrons. The standard InChI is InChI=1S/2C19H17F3O3S2.Ni/c2*1-2-24-16(23)11-25-15-9-5-13(6-10-15)18(27)17(26)12-3-7-14(8-4-12)19(20,21)22;/h2*3-10,17,26H,2,11H2,1H3;/q;;+2/p-2. The number of ether oxygens (including phenoxy) is 4. The fourth-order valence-corrected chi connectivity index (χ4v) is 5.55. The van der Waals surface area contributed by atoms with E-state index in [0.29, 0.717) is 43.5 Å². The van der Waals surface area contributed by atoms with E-state index < -0.39 is 45.9 Å². The maximum Gasteiger partial charge on any atom is 2.00 e. The topological polar surface area (TPSA) is 71.1 Å². The van der Waals surface area contributed by atoms with Crippen LogP contribution < -0.4 is 9.47 Å². The molecule has 6 nitrogen and oxygen atoms in total. The van der Waals surface area contributed by atoms with E-state index in [1.54, 1.807) is 62.4 Å². The third kappa shape index (κ3) is 15.1. The number of esters is 2. The number of hydrogen-bond donors (Lipinski definition) is 0. The zero-order chi connectivity index (χ0) is 40.1. The minimum absolute atomic E-state index is 0. The predicted molar refractivity (Wildman–Crippen MR) is 204 cm³/mol. The minimum Gasteiger partial charge on any atom is -0.779 e. The first-order chi connectivity index (χ1) is 25.4. The van der Waals surface area contributed by atoms with Gasteiger partial charge in [-0.1, -0.05) is 84.1 Å².